The van der Waals surface area contributed by atoms with Gasteiger partial charge in [0.1, 0.15) is 5.82 Å². The van der Waals surface area contributed by atoms with Crippen molar-refractivity contribution in [2.45, 2.75) is 31.7 Å². The zero-order valence-corrected chi connectivity index (χ0v) is 14.6. The number of piperidine rings is 1. The third kappa shape index (κ3) is 5.66. The molecule has 0 spiro atoms. The number of hydrogen-bond acceptors (Lipinski definition) is 5. The van der Waals surface area contributed by atoms with Crippen LogP contribution >= 0.6 is 24.2 Å². The fraction of sp³-hybridized carbons (Fsp3) is 0.600. The monoisotopic (exact) mass is 344 g/mol. The first-order valence-electron chi connectivity index (χ1n) is 7.47. The van der Waals surface area contributed by atoms with Gasteiger partial charge >= 0.3 is 0 Å². The second kappa shape index (κ2) is 9.92. The summed E-state index contributed by atoms with van der Waals surface area (Å²) >= 11 is 1.69. The quantitative estimate of drug-likeness (QED) is 0.829. The van der Waals surface area contributed by atoms with Crippen molar-refractivity contribution in [3.05, 3.63) is 18.3 Å². The highest BCUT2D eigenvalue weighted by atomic mass is 35.5. The van der Waals surface area contributed by atoms with Crippen molar-refractivity contribution in [3.8, 4) is 0 Å². The first-order valence-corrected chi connectivity index (χ1v) is 8.86. The van der Waals surface area contributed by atoms with E-state index in [9.17, 15) is 4.79 Å². The number of anilines is 2. The van der Waals surface area contributed by atoms with Gasteiger partial charge in [-0.15, -0.1) is 12.4 Å². The Bertz CT molecular complexity index is 451. The molecule has 0 aromatic carbocycles. The van der Waals surface area contributed by atoms with Gasteiger partial charge in [-0.2, -0.15) is 11.8 Å². The van der Waals surface area contributed by atoms with Gasteiger partial charge in [0.25, 0.3) is 0 Å². The summed E-state index contributed by atoms with van der Waals surface area (Å²) < 4.78 is 0. The third-order valence-corrected chi connectivity index (χ3v) is 4.33. The van der Waals surface area contributed by atoms with E-state index in [4.69, 9.17) is 5.73 Å². The van der Waals surface area contributed by atoms with Crippen molar-refractivity contribution in [3.63, 3.8) is 0 Å². The van der Waals surface area contributed by atoms with E-state index in [-0.39, 0.29) is 18.3 Å². The van der Waals surface area contributed by atoms with Gasteiger partial charge < -0.3 is 16.0 Å². The molecular formula is C15H25ClN4OS. The number of rotatable bonds is 6. The summed E-state index contributed by atoms with van der Waals surface area (Å²) in [6, 6.07) is 3.39. The molecule has 1 aromatic heterocycles. The highest BCUT2D eigenvalue weighted by molar-refractivity contribution is 7.98. The van der Waals surface area contributed by atoms with E-state index in [1.54, 1.807) is 11.8 Å². The molecule has 1 atom stereocenters. The van der Waals surface area contributed by atoms with E-state index >= 15 is 0 Å². The zero-order valence-electron chi connectivity index (χ0n) is 13.0. The van der Waals surface area contributed by atoms with Crippen LogP contribution in [0.2, 0.25) is 0 Å². The number of thioether (sulfide) groups is 1. The molecular weight excluding hydrogens is 320 g/mol. The molecule has 1 aliphatic rings. The maximum Gasteiger partial charge on any atom is 0.242 e. The lowest BCUT2D eigenvalue weighted by atomic mass is 10.1. The number of pyridine rings is 1. The van der Waals surface area contributed by atoms with Crippen LogP contribution < -0.4 is 16.0 Å². The summed E-state index contributed by atoms with van der Waals surface area (Å²) in [5.74, 6) is 1.29. The van der Waals surface area contributed by atoms with Crippen LogP contribution in [0.4, 0.5) is 11.5 Å². The summed E-state index contributed by atoms with van der Waals surface area (Å²) in [7, 11) is 0. The van der Waals surface area contributed by atoms with Crippen molar-refractivity contribution in [1.29, 1.82) is 0 Å². The second-order valence-electron chi connectivity index (χ2n) is 5.33. The van der Waals surface area contributed by atoms with E-state index in [1.807, 2.05) is 24.6 Å². The summed E-state index contributed by atoms with van der Waals surface area (Å²) in [4.78, 5) is 18.6. The lowest BCUT2D eigenvalue weighted by Crippen LogP contribution is -2.36. The Labute approximate surface area is 142 Å². The lowest BCUT2D eigenvalue weighted by molar-refractivity contribution is -0.117. The normalized spacial score (nSPS) is 15.8. The predicted molar refractivity (Wildman–Crippen MR) is 97.2 cm³/mol. The molecule has 0 aliphatic carbocycles. The van der Waals surface area contributed by atoms with Crippen LogP contribution in [0.3, 0.4) is 0 Å². The number of carbonyl (C=O) groups is 1. The average molecular weight is 345 g/mol. The highest BCUT2D eigenvalue weighted by Crippen LogP contribution is 2.20. The Hall–Kier alpha value is -0.980. The summed E-state index contributed by atoms with van der Waals surface area (Å²) in [5, 5.41) is 2.78. The maximum atomic E-state index is 11.9. The summed E-state index contributed by atoms with van der Waals surface area (Å²) in [6.07, 6.45) is 8.30. The number of amides is 1. The smallest absolute Gasteiger partial charge is 0.242 e. The van der Waals surface area contributed by atoms with E-state index in [2.05, 4.69) is 15.2 Å². The summed E-state index contributed by atoms with van der Waals surface area (Å²) in [6.45, 7) is 2.18. The number of carbonyl (C=O) groups excluding carboxylic acids is 1. The van der Waals surface area contributed by atoms with Crippen molar-refractivity contribution in [2.24, 2.45) is 5.73 Å². The van der Waals surface area contributed by atoms with E-state index in [0.29, 0.717) is 12.2 Å². The van der Waals surface area contributed by atoms with Crippen LogP contribution in [0.5, 0.6) is 0 Å². The zero-order chi connectivity index (χ0) is 15.1. The minimum absolute atomic E-state index is 0. The van der Waals surface area contributed by atoms with Crippen LogP contribution in [-0.2, 0) is 4.79 Å². The highest BCUT2D eigenvalue weighted by Gasteiger charge is 2.14. The predicted octanol–water partition coefficient (Wildman–Crippen LogP) is 2.51. The topological polar surface area (TPSA) is 71.2 Å². The first-order chi connectivity index (χ1) is 10.2. The first kappa shape index (κ1) is 19.1. The van der Waals surface area contributed by atoms with Crippen LogP contribution in [0, 0.1) is 0 Å². The molecule has 0 radical (unpaired) electrons. The van der Waals surface area contributed by atoms with E-state index in [1.165, 1.54) is 19.3 Å². The van der Waals surface area contributed by atoms with Crippen molar-refractivity contribution < 1.29 is 4.79 Å². The Morgan fingerprint density at radius 3 is 2.73 bits per heavy atom. The van der Waals surface area contributed by atoms with Gasteiger partial charge in [0.05, 0.1) is 17.9 Å². The molecule has 1 saturated heterocycles. The van der Waals surface area contributed by atoms with Gasteiger partial charge in [-0.3, -0.25) is 4.79 Å². The number of hydrogen-bond donors (Lipinski definition) is 2. The minimum Gasteiger partial charge on any atom is -0.370 e. The fourth-order valence-electron chi connectivity index (χ4n) is 2.39. The Kier molecular flexibility index (Phi) is 8.60. The van der Waals surface area contributed by atoms with Crippen LogP contribution in [-0.4, -0.2) is 42.0 Å². The van der Waals surface area contributed by atoms with Gasteiger partial charge in [0, 0.05) is 13.1 Å². The number of aromatic nitrogens is 1. The lowest BCUT2D eigenvalue weighted by Gasteiger charge is -2.28. The molecule has 124 valence electrons. The van der Waals surface area contributed by atoms with Crippen molar-refractivity contribution in [1.82, 2.24) is 4.98 Å². The van der Waals surface area contributed by atoms with Gasteiger partial charge in [-0.25, -0.2) is 4.98 Å². The molecule has 7 heteroatoms. The van der Waals surface area contributed by atoms with Crippen LogP contribution in [0.15, 0.2) is 18.3 Å². The average Bonchev–Trinajstić information content (AvgIpc) is 2.54. The van der Waals surface area contributed by atoms with Gasteiger partial charge in [-0.05, 0) is 49.8 Å². The molecule has 1 amide bonds. The maximum absolute atomic E-state index is 11.9. The van der Waals surface area contributed by atoms with Gasteiger partial charge in [0.2, 0.25) is 5.91 Å². The second-order valence-corrected chi connectivity index (χ2v) is 6.31. The number of nitrogens with two attached hydrogens (primary N) is 1. The Morgan fingerprint density at radius 1 is 1.41 bits per heavy atom. The van der Waals surface area contributed by atoms with Gasteiger partial charge in [0.15, 0.2) is 0 Å². The number of nitrogens with zero attached hydrogens (tertiary/aromatic N) is 2. The standard InChI is InChI=1S/C15H24N4OS.ClH/c1-21-10-7-13(16)15(20)18-14-6-5-12(11-17-14)19-8-3-2-4-9-19;/h5-6,11,13H,2-4,7-10,16H2,1H3,(H,17,18,20);1H/t13-;/m0./s1. The van der Waals surface area contributed by atoms with Crippen molar-refractivity contribution >= 4 is 41.6 Å². The molecule has 1 fully saturated rings. The van der Waals surface area contributed by atoms with Crippen LogP contribution in [0.1, 0.15) is 25.7 Å². The molecule has 22 heavy (non-hydrogen) atoms. The molecule has 5 nitrogen and oxygen atoms in total. The Balaban J connectivity index is 0.00000242. The molecule has 1 aromatic rings. The third-order valence-electron chi connectivity index (χ3n) is 3.69. The number of nitrogens with one attached hydrogen (secondary N) is 1. The molecule has 3 N–H and O–H groups in total. The van der Waals surface area contributed by atoms with E-state index < -0.39 is 6.04 Å². The van der Waals surface area contributed by atoms with Crippen LogP contribution in [0.25, 0.3) is 0 Å². The molecule has 0 bridgehead atoms. The van der Waals surface area contributed by atoms with Crippen molar-refractivity contribution in [2.75, 3.05) is 35.3 Å². The largest absolute Gasteiger partial charge is 0.370 e. The van der Waals surface area contributed by atoms with Gasteiger partial charge in [-0.1, -0.05) is 0 Å². The molecule has 2 heterocycles. The fourth-order valence-corrected chi connectivity index (χ4v) is 2.88. The molecule has 1 aliphatic heterocycles. The van der Waals surface area contributed by atoms with E-state index in [0.717, 1.165) is 24.5 Å². The number of halogens is 1. The SMILES string of the molecule is CSCC[C@H](N)C(=O)Nc1ccc(N2CCCCC2)cn1.Cl. The minimum atomic E-state index is -0.471. The molecule has 0 saturated carbocycles. The summed E-state index contributed by atoms with van der Waals surface area (Å²) in [5.41, 5.74) is 6.96. The molecule has 2 rings (SSSR count). The Morgan fingerprint density at radius 2 is 2.14 bits per heavy atom. The molecule has 0 unspecified atom stereocenters.